The Morgan fingerprint density at radius 3 is 2.73 bits per heavy atom. The number of methoxy groups -OCH3 is 1. The van der Waals surface area contributed by atoms with Gasteiger partial charge < -0.3 is 10.1 Å². The molecule has 0 heterocycles. The molecule has 0 atom stereocenters. The summed E-state index contributed by atoms with van der Waals surface area (Å²) in [6.07, 6.45) is 3.00. The van der Waals surface area contributed by atoms with Crippen LogP contribution in [0.15, 0.2) is 46.9 Å². The number of carbonyl (C=O) groups is 1. The molecule has 114 valence electrons. The van der Waals surface area contributed by atoms with Crippen LogP contribution in [0, 0.1) is 0 Å². The molecule has 0 aliphatic rings. The molecule has 0 radical (unpaired) electrons. The second-order valence-electron chi connectivity index (χ2n) is 4.34. The molecule has 0 unspecified atom stereocenters. The van der Waals surface area contributed by atoms with Crippen LogP contribution in [-0.2, 0) is 4.79 Å². The molecule has 0 aliphatic carbocycles. The maximum absolute atomic E-state index is 11.9. The summed E-state index contributed by atoms with van der Waals surface area (Å²) in [7, 11) is 1.51. The van der Waals surface area contributed by atoms with Crippen LogP contribution in [0.4, 0.5) is 5.69 Å². The molecule has 0 aliphatic heterocycles. The number of hydrogen-bond acceptors (Lipinski definition) is 2. The fourth-order valence-corrected chi connectivity index (χ4v) is 2.82. The zero-order valence-electron chi connectivity index (χ0n) is 11.6. The first kappa shape index (κ1) is 16.9. The van der Waals surface area contributed by atoms with Crippen molar-refractivity contribution in [3.05, 3.63) is 62.6 Å². The fourth-order valence-electron chi connectivity index (χ4n) is 1.84. The van der Waals surface area contributed by atoms with Gasteiger partial charge in [-0.2, -0.15) is 0 Å². The highest BCUT2D eigenvalue weighted by Gasteiger charge is 2.08. The van der Waals surface area contributed by atoms with Crippen LogP contribution in [-0.4, -0.2) is 13.0 Å². The molecule has 0 spiro atoms. The normalized spacial score (nSPS) is 10.7. The molecule has 2 aromatic rings. The molecule has 3 nitrogen and oxygen atoms in total. The molecule has 0 saturated heterocycles. The van der Waals surface area contributed by atoms with Crippen LogP contribution in [0.2, 0.25) is 10.0 Å². The maximum Gasteiger partial charge on any atom is 0.248 e. The van der Waals surface area contributed by atoms with Gasteiger partial charge >= 0.3 is 0 Å². The summed E-state index contributed by atoms with van der Waals surface area (Å²) in [5.74, 6) is 0.203. The Bertz CT molecular complexity index is 732. The highest BCUT2D eigenvalue weighted by Crippen LogP contribution is 2.32. The minimum atomic E-state index is -0.267. The third kappa shape index (κ3) is 4.50. The smallest absolute Gasteiger partial charge is 0.248 e. The van der Waals surface area contributed by atoms with Crippen LogP contribution in [0.25, 0.3) is 6.08 Å². The average Bonchev–Trinajstić information content (AvgIpc) is 2.44. The minimum Gasteiger partial charge on any atom is -0.495 e. The summed E-state index contributed by atoms with van der Waals surface area (Å²) >= 11 is 15.4. The Kier molecular flexibility index (Phi) is 5.89. The largest absolute Gasteiger partial charge is 0.495 e. The number of ether oxygens (including phenoxy) is 1. The van der Waals surface area contributed by atoms with Crippen molar-refractivity contribution in [2.75, 3.05) is 12.4 Å². The van der Waals surface area contributed by atoms with E-state index in [0.717, 1.165) is 4.47 Å². The number of carbonyl (C=O) groups excluding carboxylic acids is 1. The zero-order valence-corrected chi connectivity index (χ0v) is 14.7. The topological polar surface area (TPSA) is 38.3 Å². The minimum absolute atomic E-state index is 0.267. The highest BCUT2D eigenvalue weighted by molar-refractivity contribution is 9.10. The van der Waals surface area contributed by atoms with Gasteiger partial charge in [-0.15, -0.1) is 0 Å². The number of hydrogen-bond donors (Lipinski definition) is 1. The van der Waals surface area contributed by atoms with Crippen molar-refractivity contribution in [3.63, 3.8) is 0 Å². The molecule has 6 heteroatoms. The Hall–Kier alpha value is -1.49. The summed E-state index contributed by atoms with van der Waals surface area (Å²) in [5, 5.41) is 3.62. The van der Waals surface area contributed by atoms with Crippen molar-refractivity contribution in [1.82, 2.24) is 0 Å². The SMILES string of the molecule is COc1c(Cl)cc(Cl)cc1C=CC(=O)Nc1cccc(Br)c1. The molecule has 0 saturated carbocycles. The van der Waals surface area contributed by atoms with Gasteiger partial charge in [0, 0.05) is 26.8 Å². The van der Waals surface area contributed by atoms with E-state index < -0.39 is 0 Å². The average molecular weight is 401 g/mol. The van der Waals surface area contributed by atoms with E-state index in [9.17, 15) is 4.79 Å². The van der Waals surface area contributed by atoms with Crippen LogP contribution in [0.3, 0.4) is 0 Å². The summed E-state index contributed by atoms with van der Waals surface area (Å²) in [6.45, 7) is 0. The van der Waals surface area contributed by atoms with Gasteiger partial charge in [-0.25, -0.2) is 0 Å². The molecule has 2 rings (SSSR count). The Balaban J connectivity index is 2.16. The van der Waals surface area contributed by atoms with Crippen molar-refractivity contribution in [2.45, 2.75) is 0 Å². The summed E-state index contributed by atoms with van der Waals surface area (Å²) in [5.41, 5.74) is 1.32. The Morgan fingerprint density at radius 2 is 2.05 bits per heavy atom. The number of benzene rings is 2. The van der Waals surface area contributed by atoms with Gasteiger partial charge in [0.25, 0.3) is 0 Å². The lowest BCUT2D eigenvalue weighted by Gasteiger charge is -2.08. The molecular weight excluding hydrogens is 389 g/mol. The van der Waals surface area contributed by atoms with Crippen molar-refractivity contribution < 1.29 is 9.53 Å². The lowest BCUT2D eigenvalue weighted by molar-refractivity contribution is -0.111. The van der Waals surface area contributed by atoms with Crippen LogP contribution in [0.5, 0.6) is 5.75 Å². The Morgan fingerprint density at radius 1 is 1.27 bits per heavy atom. The van der Waals surface area contributed by atoms with Crippen molar-refractivity contribution in [1.29, 1.82) is 0 Å². The van der Waals surface area contributed by atoms with Gasteiger partial charge in [-0.3, -0.25) is 4.79 Å². The number of halogens is 3. The molecule has 1 amide bonds. The monoisotopic (exact) mass is 399 g/mol. The van der Waals surface area contributed by atoms with E-state index in [1.165, 1.54) is 13.2 Å². The van der Waals surface area contributed by atoms with Crippen LogP contribution < -0.4 is 10.1 Å². The summed E-state index contributed by atoms with van der Waals surface area (Å²) < 4.78 is 6.10. The lowest BCUT2D eigenvalue weighted by atomic mass is 10.2. The predicted molar refractivity (Wildman–Crippen MR) is 94.8 cm³/mol. The molecule has 0 bridgehead atoms. The van der Waals surface area contributed by atoms with Crippen molar-refractivity contribution in [2.24, 2.45) is 0 Å². The zero-order chi connectivity index (χ0) is 16.1. The van der Waals surface area contributed by atoms with Gasteiger partial charge in [0.1, 0.15) is 5.75 Å². The van der Waals surface area contributed by atoms with Gasteiger partial charge in [0.15, 0.2) is 0 Å². The van der Waals surface area contributed by atoms with Gasteiger partial charge in [-0.1, -0.05) is 45.2 Å². The number of anilines is 1. The van der Waals surface area contributed by atoms with Crippen molar-refractivity contribution >= 4 is 56.8 Å². The summed E-state index contributed by atoms with van der Waals surface area (Å²) in [6, 6.07) is 10.6. The molecule has 0 aromatic heterocycles. The van der Waals surface area contributed by atoms with E-state index >= 15 is 0 Å². The van der Waals surface area contributed by atoms with Crippen molar-refractivity contribution in [3.8, 4) is 5.75 Å². The standard InChI is InChI=1S/C16H12BrCl2NO2/c1-22-16-10(7-12(18)9-14(16)19)5-6-15(21)20-13-4-2-3-11(17)8-13/h2-9H,1H3,(H,20,21). The molecular formula is C16H12BrCl2NO2. The van der Waals surface area contributed by atoms with E-state index in [-0.39, 0.29) is 5.91 Å². The predicted octanol–water partition coefficient (Wildman–Crippen LogP) is 5.42. The molecule has 1 N–H and O–H groups in total. The summed E-state index contributed by atoms with van der Waals surface area (Å²) in [4.78, 5) is 11.9. The lowest BCUT2D eigenvalue weighted by Crippen LogP contribution is -2.07. The maximum atomic E-state index is 11.9. The highest BCUT2D eigenvalue weighted by atomic mass is 79.9. The van der Waals surface area contributed by atoms with Gasteiger partial charge in [0.05, 0.1) is 12.1 Å². The van der Waals surface area contributed by atoms with Gasteiger partial charge in [-0.05, 0) is 36.4 Å². The third-order valence-electron chi connectivity index (χ3n) is 2.75. The van der Waals surface area contributed by atoms with E-state index in [1.54, 1.807) is 24.3 Å². The first-order chi connectivity index (χ1) is 10.5. The molecule has 0 fully saturated rings. The molecule has 22 heavy (non-hydrogen) atoms. The first-order valence-corrected chi connectivity index (χ1v) is 7.82. The fraction of sp³-hybridized carbons (Fsp3) is 0.0625. The third-order valence-corrected chi connectivity index (χ3v) is 3.74. The Labute approximate surface area is 147 Å². The second-order valence-corrected chi connectivity index (χ2v) is 6.10. The van der Waals surface area contributed by atoms with Crippen LogP contribution in [0.1, 0.15) is 5.56 Å². The van der Waals surface area contributed by atoms with E-state index in [2.05, 4.69) is 21.2 Å². The van der Waals surface area contributed by atoms with E-state index in [1.807, 2.05) is 18.2 Å². The number of rotatable bonds is 4. The number of amides is 1. The van der Waals surface area contributed by atoms with E-state index in [4.69, 9.17) is 27.9 Å². The molecule has 2 aromatic carbocycles. The van der Waals surface area contributed by atoms with Crippen LogP contribution >= 0.6 is 39.1 Å². The second kappa shape index (κ2) is 7.68. The number of nitrogens with one attached hydrogen (secondary N) is 1. The van der Waals surface area contributed by atoms with Gasteiger partial charge in [0.2, 0.25) is 5.91 Å². The quantitative estimate of drug-likeness (QED) is 0.696. The van der Waals surface area contributed by atoms with E-state index in [0.29, 0.717) is 27.0 Å². The first-order valence-electron chi connectivity index (χ1n) is 6.27.